The lowest BCUT2D eigenvalue weighted by Crippen LogP contribution is -2.48. The normalized spacial score (nSPS) is 14.4. The summed E-state index contributed by atoms with van der Waals surface area (Å²) in [5.74, 6) is -0.209. The van der Waals surface area contributed by atoms with Gasteiger partial charge in [0.25, 0.3) is 5.91 Å². The van der Waals surface area contributed by atoms with Crippen molar-refractivity contribution in [3.05, 3.63) is 108 Å². The van der Waals surface area contributed by atoms with E-state index in [4.69, 9.17) is 5.10 Å². The number of benzene rings is 3. The van der Waals surface area contributed by atoms with Crippen molar-refractivity contribution in [1.29, 1.82) is 0 Å². The summed E-state index contributed by atoms with van der Waals surface area (Å²) in [4.78, 5) is 18.0. The Balaban J connectivity index is 1.39. The van der Waals surface area contributed by atoms with Gasteiger partial charge in [-0.25, -0.2) is 9.07 Å². The van der Waals surface area contributed by atoms with Gasteiger partial charge in [-0.1, -0.05) is 60.7 Å². The van der Waals surface area contributed by atoms with E-state index in [0.29, 0.717) is 24.3 Å². The van der Waals surface area contributed by atoms with Gasteiger partial charge in [-0.15, -0.1) is 0 Å². The predicted octanol–water partition coefficient (Wildman–Crippen LogP) is 4.94. The fraction of sp³-hybridized carbons (Fsp3) is 0.214. The van der Waals surface area contributed by atoms with Crippen molar-refractivity contribution in [2.75, 3.05) is 26.2 Å². The Hall–Kier alpha value is -3.77. The molecule has 1 aromatic heterocycles. The lowest BCUT2D eigenvalue weighted by molar-refractivity contribution is 0.0628. The third-order valence-corrected chi connectivity index (χ3v) is 6.36. The molecule has 6 heteroatoms. The lowest BCUT2D eigenvalue weighted by Gasteiger charge is -2.35. The fourth-order valence-corrected chi connectivity index (χ4v) is 4.49. The predicted molar refractivity (Wildman–Crippen MR) is 131 cm³/mol. The number of piperazine rings is 1. The molecule has 0 unspecified atom stereocenters. The second kappa shape index (κ2) is 9.61. The highest BCUT2D eigenvalue weighted by molar-refractivity contribution is 6.01. The Labute approximate surface area is 199 Å². The summed E-state index contributed by atoms with van der Waals surface area (Å²) in [7, 11) is 0. The van der Waals surface area contributed by atoms with Crippen molar-refractivity contribution in [1.82, 2.24) is 19.6 Å². The van der Waals surface area contributed by atoms with Crippen LogP contribution in [-0.4, -0.2) is 51.7 Å². The molecule has 0 atom stereocenters. The minimum atomic E-state index is -0.222. The van der Waals surface area contributed by atoms with Gasteiger partial charge >= 0.3 is 0 Å². The Morgan fingerprint density at radius 2 is 1.47 bits per heavy atom. The Kier molecular flexibility index (Phi) is 6.23. The van der Waals surface area contributed by atoms with E-state index in [9.17, 15) is 9.18 Å². The molecule has 0 bridgehead atoms. The number of hydrogen-bond donors (Lipinski definition) is 0. The molecule has 172 valence electrons. The third-order valence-electron chi connectivity index (χ3n) is 6.36. The average Bonchev–Trinajstić information content (AvgIpc) is 3.23. The van der Waals surface area contributed by atoms with Crippen LogP contribution in [0.5, 0.6) is 0 Å². The molecule has 1 fully saturated rings. The monoisotopic (exact) mass is 454 g/mol. The second-order valence-corrected chi connectivity index (χ2v) is 8.62. The van der Waals surface area contributed by atoms with Crippen LogP contribution < -0.4 is 0 Å². The largest absolute Gasteiger partial charge is 0.336 e. The Bertz CT molecular complexity index is 1260. The molecule has 5 nitrogen and oxygen atoms in total. The molecule has 0 radical (unpaired) electrons. The molecule has 5 rings (SSSR count). The van der Waals surface area contributed by atoms with Gasteiger partial charge in [-0.2, -0.15) is 5.10 Å². The van der Waals surface area contributed by atoms with E-state index >= 15 is 0 Å². The molecule has 0 spiro atoms. The van der Waals surface area contributed by atoms with Crippen LogP contribution in [0.1, 0.15) is 21.6 Å². The summed E-state index contributed by atoms with van der Waals surface area (Å²) in [6.45, 7) is 5.55. The number of halogens is 1. The van der Waals surface area contributed by atoms with Gasteiger partial charge in [0.1, 0.15) is 11.5 Å². The van der Waals surface area contributed by atoms with Crippen molar-refractivity contribution in [3.63, 3.8) is 0 Å². The molecule has 34 heavy (non-hydrogen) atoms. The minimum absolute atomic E-state index is 0.0139. The van der Waals surface area contributed by atoms with E-state index in [1.807, 2.05) is 89.3 Å². The van der Waals surface area contributed by atoms with E-state index in [2.05, 4.69) is 4.90 Å². The van der Waals surface area contributed by atoms with Crippen LogP contribution in [0.2, 0.25) is 0 Å². The summed E-state index contributed by atoms with van der Waals surface area (Å²) in [6, 6.07) is 26.4. The Morgan fingerprint density at radius 3 is 2.12 bits per heavy atom. The van der Waals surface area contributed by atoms with Crippen LogP contribution in [0.3, 0.4) is 0 Å². The molecule has 1 saturated heterocycles. The standard InChI is InChI=1S/C28H27FN4O/c1-21-26(27(23-8-4-2-5-9-23)30-33(21)25-10-6-3-7-11-25)28(34)32-18-16-31(17-19-32)20-22-12-14-24(29)15-13-22/h2-15H,16-20H2,1H3. The van der Waals surface area contributed by atoms with Gasteiger partial charge in [0.15, 0.2) is 0 Å². The van der Waals surface area contributed by atoms with Crippen LogP contribution in [0.4, 0.5) is 4.39 Å². The minimum Gasteiger partial charge on any atom is -0.336 e. The van der Waals surface area contributed by atoms with Crippen LogP contribution in [0, 0.1) is 12.7 Å². The number of para-hydroxylation sites is 1. The van der Waals surface area contributed by atoms with Gasteiger partial charge in [0, 0.05) is 38.3 Å². The quantitative estimate of drug-likeness (QED) is 0.429. The number of aromatic nitrogens is 2. The maximum absolute atomic E-state index is 13.8. The number of rotatable bonds is 5. The smallest absolute Gasteiger partial charge is 0.258 e. The molecular weight excluding hydrogens is 427 g/mol. The molecule has 0 saturated carbocycles. The van der Waals surface area contributed by atoms with Gasteiger partial charge in [-0.05, 0) is 36.8 Å². The van der Waals surface area contributed by atoms with E-state index in [-0.39, 0.29) is 11.7 Å². The van der Waals surface area contributed by atoms with Crippen molar-refractivity contribution in [3.8, 4) is 16.9 Å². The maximum atomic E-state index is 13.8. The summed E-state index contributed by atoms with van der Waals surface area (Å²) in [5, 5.41) is 4.87. The van der Waals surface area contributed by atoms with Crippen molar-refractivity contribution in [2.45, 2.75) is 13.5 Å². The van der Waals surface area contributed by atoms with Crippen LogP contribution >= 0.6 is 0 Å². The number of carbonyl (C=O) groups excluding carboxylic acids is 1. The SMILES string of the molecule is Cc1c(C(=O)N2CCN(Cc3ccc(F)cc3)CC2)c(-c2ccccc2)nn1-c1ccccc1. The van der Waals surface area contributed by atoms with Crippen molar-refractivity contribution >= 4 is 5.91 Å². The molecule has 3 aromatic carbocycles. The number of carbonyl (C=O) groups is 1. The van der Waals surface area contributed by atoms with Gasteiger partial charge in [0.05, 0.1) is 16.9 Å². The molecule has 2 heterocycles. The summed E-state index contributed by atoms with van der Waals surface area (Å²) in [5.41, 5.74) is 5.14. The van der Waals surface area contributed by atoms with Gasteiger partial charge in [0.2, 0.25) is 0 Å². The fourth-order valence-electron chi connectivity index (χ4n) is 4.49. The zero-order valence-corrected chi connectivity index (χ0v) is 19.2. The molecule has 4 aromatic rings. The third kappa shape index (κ3) is 4.50. The first-order valence-electron chi connectivity index (χ1n) is 11.6. The summed E-state index contributed by atoms with van der Waals surface area (Å²) < 4.78 is 15.1. The first kappa shape index (κ1) is 22.0. The molecule has 1 aliphatic heterocycles. The number of hydrogen-bond acceptors (Lipinski definition) is 3. The number of amides is 1. The zero-order chi connectivity index (χ0) is 23.5. The van der Waals surface area contributed by atoms with Crippen molar-refractivity contribution in [2.24, 2.45) is 0 Å². The maximum Gasteiger partial charge on any atom is 0.258 e. The molecule has 0 aliphatic carbocycles. The van der Waals surface area contributed by atoms with Crippen LogP contribution in [-0.2, 0) is 6.54 Å². The molecule has 0 N–H and O–H groups in total. The van der Waals surface area contributed by atoms with Crippen molar-refractivity contribution < 1.29 is 9.18 Å². The van der Waals surface area contributed by atoms with Crippen LogP contribution in [0.25, 0.3) is 16.9 Å². The summed E-state index contributed by atoms with van der Waals surface area (Å²) in [6.07, 6.45) is 0. The molecule has 1 aliphatic rings. The lowest BCUT2D eigenvalue weighted by atomic mass is 10.0. The highest BCUT2D eigenvalue weighted by Gasteiger charge is 2.29. The topological polar surface area (TPSA) is 41.4 Å². The van der Waals surface area contributed by atoms with E-state index < -0.39 is 0 Å². The number of nitrogens with zero attached hydrogens (tertiary/aromatic N) is 4. The van der Waals surface area contributed by atoms with E-state index in [0.717, 1.165) is 42.1 Å². The summed E-state index contributed by atoms with van der Waals surface area (Å²) >= 11 is 0. The highest BCUT2D eigenvalue weighted by atomic mass is 19.1. The van der Waals surface area contributed by atoms with E-state index in [1.54, 1.807) is 0 Å². The van der Waals surface area contributed by atoms with E-state index in [1.165, 1.54) is 12.1 Å². The molecular formula is C28H27FN4O. The first-order valence-corrected chi connectivity index (χ1v) is 11.6. The van der Waals surface area contributed by atoms with Gasteiger partial charge in [-0.3, -0.25) is 9.69 Å². The highest BCUT2D eigenvalue weighted by Crippen LogP contribution is 2.29. The van der Waals surface area contributed by atoms with Gasteiger partial charge < -0.3 is 4.90 Å². The average molecular weight is 455 g/mol. The first-order chi connectivity index (χ1) is 16.6. The molecule has 1 amide bonds. The zero-order valence-electron chi connectivity index (χ0n) is 19.2. The van der Waals surface area contributed by atoms with Crippen LogP contribution in [0.15, 0.2) is 84.9 Å². The Morgan fingerprint density at radius 1 is 0.853 bits per heavy atom. The second-order valence-electron chi connectivity index (χ2n) is 8.62.